The molecule has 0 heterocycles. The second kappa shape index (κ2) is 6.09. The SMILES string of the molecule is COc1cc(Br)cc(NC(=O)C/C(N)=N/O)c1. The fourth-order valence-electron chi connectivity index (χ4n) is 1.16. The molecule has 0 aliphatic heterocycles. The van der Waals surface area contributed by atoms with Gasteiger partial charge in [-0.2, -0.15) is 0 Å². The summed E-state index contributed by atoms with van der Waals surface area (Å²) in [4.78, 5) is 11.5. The standard InChI is InChI=1S/C10H12BrN3O3/c1-17-8-3-6(11)2-7(4-8)13-10(15)5-9(12)14-16/h2-4,16H,5H2,1H3,(H2,12,14)(H,13,15). The van der Waals surface area contributed by atoms with Crippen molar-refractivity contribution in [2.45, 2.75) is 6.42 Å². The van der Waals surface area contributed by atoms with Crippen LogP contribution in [-0.2, 0) is 4.79 Å². The largest absolute Gasteiger partial charge is 0.497 e. The molecule has 0 bridgehead atoms. The van der Waals surface area contributed by atoms with Gasteiger partial charge in [0, 0.05) is 16.2 Å². The van der Waals surface area contributed by atoms with Crippen LogP contribution in [0, 0.1) is 0 Å². The molecule has 1 aromatic rings. The molecular weight excluding hydrogens is 290 g/mol. The molecular formula is C10H12BrN3O3. The van der Waals surface area contributed by atoms with Crippen LogP contribution >= 0.6 is 15.9 Å². The maximum atomic E-state index is 11.5. The van der Waals surface area contributed by atoms with E-state index in [4.69, 9.17) is 15.7 Å². The van der Waals surface area contributed by atoms with Gasteiger partial charge < -0.3 is 21.0 Å². The Bertz CT molecular complexity index is 448. The molecule has 0 atom stereocenters. The van der Waals surface area contributed by atoms with Crippen LogP contribution in [0.5, 0.6) is 5.75 Å². The van der Waals surface area contributed by atoms with Crippen molar-refractivity contribution < 1.29 is 14.7 Å². The number of carbonyl (C=O) groups is 1. The Labute approximate surface area is 107 Å². The molecule has 1 rings (SSSR count). The first-order valence-electron chi connectivity index (χ1n) is 4.66. The third-order valence-corrected chi connectivity index (χ3v) is 2.32. The lowest BCUT2D eigenvalue weighted by Crippen LogP contribution is -2.22. The summed E-state index contributed by atoms with van der Waals surface area (Å²) in [5, 5.41) is 13.7. The zero-order valence-corrected chi connectivity index (χ0v) is 10.7. The lowest BCUT2D eigenvalue weighted by molar-refractivity contribution is -0.115. The van der Waals surface area contributed by atoms with E-state index in [1.807, 2.05) is 0 Å². The molecule has 0 aliphatic carbocycles. The van der Waals surface area contributed by atoms with Crippen LogP contribution in [0.25, 0.3) is 0 Å². The summed E-state index contributed by atoms with van der Waals surface area (Å²) in [5.74, 6) is 0.0865. The highest BCUT2D eigenvalue weighted by molar-refractivity contribution is 9.10. The van der Waals surface area contributed by atoms with Crippen molar-refractivity contribution in [3.8, 4) is 5.75 Å². The van der Waals surface area contributed by atoms with Crippen molar-refractivity contribution in [1.29, 1.82) is 0 Å². The van der Waals surface area contributed by atoms with Gasteiger partial charge in [0.2, 0.25) is 5.91 Å². The van der Waals surface area contributed by atoms with Crippen molar-refractivity contribution in [1.82, 2.24) is 0 Å². The highest BCUT2D eigenvalue weighted by Gasteiger charge is 2.07. The molecule has 0 spiro atoms. The number of nitrogens with one attached hydrogen (secondary N) is 1. The molecule has 0 saturated heterocycles. The average Bonchev–Trinajstić information content (AvgIpc) is 2.27. The number of halogens is 1. The minimum atomic E-state index is -0.375. The summed E-state index contributed by atoms with van der Waals surface area (Å²) in [6, 6.07) is 5.14. The Balaban J connectivity index is 2.74. The first-order valence-corrected chi connectivity index (χ1v) is 5.45. The van der Waals surface area contributed by atoms with E-state index in [0.717, 1.165) is 4.47 Å². The number of amidine groups is 1. The first-order chi connectivity index (χ1) is 8.05. The highest BCUT2D eigenvalue weighted by atomic mass is 79.9. The van der Waals surface area contributed by atoms with Crippen molar-refractivity contribution in [2.75, 3.05) is 12.4 Å². The van der Waals surface area contributed by atoms with E-state index in [0.29, 0.717) is 11.4 Å². The van der Waals surface area contributed by atoms with Gasteiger partial charge in [0.05, 0.1) is 13.5 Å². The Hall–Kier alpha value is -1.76. The number of anilines is 1. The monoisotopic (exact) mass is 301 g/mol. The van der Waals surface area contributed by atoms with Crippen LogP contribution < -0.4 is 15.8 Å². The number of nitrogens with two attached hydrogens (primary N) is 1. The minimum Gasteiger partial charge on any atom is -0.497 e. The molecule has 1 aromatic carbocycles. The van der Waals surface area contributed by atoms with Crippen molar-refractivity contribution in [3.05, 3.63) is 22.7 Å². The van der Waals surface area contributed by atoms with E-state index < -0.39 is 0 Å². The number of methoxy groups -OCH3 is 1. The fourth-order valence-corrected chi connectivity index (χ4v) is 1.63. The summed E-state index contributed by atoms with van der Waals surface area (Å²) < 4.78 is 5.82. The van der Waals surface area contributed by atoms with Crippen molar-refractivity contribution >= 4 is 33.4 Å². The van der Waals surface area contributed by atoms with Crippen LogP contribution in [0.4, 0.5) is 5.69 Å². The maximum Gasteiger partial charge on any atom is 0.232 e. The van der Waals surface area contributed by atoms with Gasteiger partial charge in [-0.3, -0.25) is 4.79 Å². The average molecular weight is 302 g/mol. The molecule has 92 valence electrons. The third-order valence-electron chi connectivity index (χ3n) is 1.86. The third kappa shape index (κ3) is 4.31. The Morgan fingerprint density at radius 3 is 2.88 bits per heavy atom. The lowest BCUT2D eigenvalue weighted by atomic mass is 10.3. The van der Waals surface area contributed by atoms with E-state index in [1.54, 1.807) is 18.2 Å². The van der Waals surface area contributed by atoms with Gasteiger partial charge in [-0.1, -0.05) is 21.1 Å². The molecule has 17 heavy (non-hydrogen) atoms. The van der Waals surface area contributed by atoms with Gasteiger partial charge >= 0.3 is 0 Å². The molecule has 4 N–H and O–H groups in total. The van der Waals surface area contributed by atoms with E-state index in [2.05, 4.69) is 26.4 Å². The van der Waals surface area contributed by atoms with E-state index in [-0.39, 0.29) is 18.2 Å². The summed E-state index contributed by atoms with van der Waals surface area (Å²) in [6.45, 7) is 0. The van der Waals surface area contributed by atoms with Gasteiger partial charge in [-0.15, -0.1) is 0 Å². The lowest BCUT2D eigenvalue weighted by Gasteiger charge is -2.07. The van der Waals surface area contributed by atoms with Gasteiger partial charge in [-0.05, 0) is 12.1 Å². The normalized spacial score (nSPS) is 11.1. The number of nitrogens with zero attached hydrogens (tertiary/aromatic N) is 1. The minimum absolute atomic E-state index is 0.149. The predicted octanol–water partition coefficient (Wildman–Crippen LogP) is 1.53. The Morgan fingerprint density at radius 1 is 1.59 bits per heavy atom. The van der Waals surface area contributed by atoms with Gasteiger partial charge in [0.25, 0.3) is 0 Å². The molecule has 0 radical (unpaired) electrons. The van der Waals surface area contributed by atoms with E-state index >= 15 is 0 Å². The van der Waals surface area contributed by atoms with Gasteiger partial charge in [-0.25, -0.2) is 0 Å². The number of benzene rings is 1. The fraction of sp³-hybridized carbons (Fsp3) is 0.200. The van der Waals surface area contributed by atoms with Crippen molar-refractivity contribution in [3.63, 3.8) is 0 Å². The Morgan fingerprint density at radius 2 is 2.29 bits per heavy atom. The van der Waals surface area contributed by atoms with Crippen LogP contribution in [0.15, 0.2) is 27.8 Å². The number of hydrogen-bond acceptors (Lipinski definition) is 4. The number of ether oxygens (including phenoxy) is 1. The summed E-state index contributed by atoms with van der Waals surface area (Å²) in [6.07, 6.45) is -0.175. The molecule has 0 unspecified atom stereocenters. The summed E-state index contributed by atoms with van der Waals surface area (Å²) in [7, 11) is 1.53. The molecule has 0 saturated carbocycles. The molecule has 0 aromatic heterocycles. The second-order valence-corrected chi connectivity index (χ2v) is 4.11. The number of hydrogen-bond donors (Lipinski definition) is 3. The number of rotatable bonds is 4. The zero-order valence-electron chi connectivity index (χ0n) is 9.11. The van der Waals surface area contributed by atoms with Gasteiger partial charge in [0.1, 0.15) is 11.6 Å². The van der Waals surface area contributed by atoms with Crippen LogP contribution in [0.2, 0.25) is 0 Å². The van der Waals surface area contributed by atoms with Crippen LogP contribution in [0.3, 0.4) is 0 Å². The van der Waals surface area contributed by atoms with Gasteiger partial charge in [0.15, 0.2) is 0 Å². The number of oxime groups is 1. The molecule has 1 amide bonds. The van der Waals surface area contributed by atoms with Crippen LogP contribution in [0.1, 0.15) is 6.42 Å². The quantitative estimate of drug-likeness (QED) is 0.340. The Kier molecular flexibility index (Phi) is 4.77. The molecule has 6 nitrogen and oxygen atoms in total. The second-order valence-electron chi connectivity index (χ2n) is 3.20. The summed E-state index contributed by atoms with van der Waals surface area (Å²) in [5.41, 5.74) is 5.78. The highest BCUT2D eigenvalue weighted by Crippen LogP contribution is 2.24. The first kappa shape index (κ1) is 13.3. The summed E-state index contributed by atoms with van der Waals surface area (Å²) >= 11 is 3.29. The van der Waals surface area contributed by atoms with Crippen molar-refractivity contribution in [2.24, 2.45) is 10.9 Å². The molecule has 0 fully saturated rings. The van der Waals surface area contributed by atoms with Crippen LogP contribution in [-0.4, -0.2) is 24.1 Å². The predicted molar refractivity (Wildman–Crippen MR) is 67.3 cm³/mol. The number of amides is 1. The molecule has 7 heteroatoms. The zero-order chi connectivity index (χ0) is 12.8. The topological polar surface area (TPSA) is 96.9 Å². The smallest absolute Gasteiger partial charge is 0.232 e. The van der Waals surface area contributed by atoms with E-state index in [1.165, 1.54) is 7.11 Å². The van der Waals surface area contributed by atoms with E-state index in [9.17, 15) is 4.79 Å². The number of carbonyl (C=O) groups excluding carboxylic acids is 1. The maximum absolute atomic E-state index is 11.5. The molecule has 0 aliphatic rings.